The Balaban J connectivity index is 3.05. The number of rotatable bonds is 3. The first-order valence-corrected chi connectivity index (χ1v) is 6.38. The van der Waals surface area contributed by atoms with E-state index in [0.717, 1.165) is 10.0 Å². The van der Waals surface area contributed by atoms with Gasteiger partial charge in [-0.2, -0.15) is 0 Å². The largest absolute Gasteiger partial charge is 0.392 e. The van der Waals surface area contributed by atoms with Gasteiger partial charge < -0.3 is 10.6 Å². The van der Waals surface area contributed by atoms with Crippen molar-refractivity contribution in [2.24, 2.45) is 5.73 Å². The van der Waals surface area contributed by atoms with Gasteiger partial charge in [0.1, 0.15) is 0 Å². The molecule has 0 aliphatic carbocycles. The Morgan fingerprint density at radius 3 is 2.65 bits per heavy atom. The van der Waals surface area contributed by atoms with Gasteiger partial charge >= 0.3 is 0 Å². The zero-order valence-corrected chi connectivity index (χ0v) is 12.4. The summed E-state index contributed by atoms with van der Waals surface area (Å²) in [6.07, 6.45) is 0. The fourth-order valence-corrected chi connectivity index (χ4v) is 1.96. The highest BCUT2D eigenvalue weighted by Gasteiger charge is 2.21. The van der Waals surface area contributed by atoms with Gasteiger partial charge in [0.25, 0.3) is 5.91 Å². The average molecular weight is 315 g/mol. The van der Waals surface area contributed by atoms with Crippen molar-refractivity contribution in [3.63, 3.8) is 0 Å². The molecule has 0 aliphatic rings. The quantitative estimate of drug-likeness (QED) is 0.872. The Hall–Kier alpha value is -0.940. The second kappa shape index (κ2) is 5.60. The second-order valence-corrected chi connectivity index (χ2v) is 5.20. The molecule has 2 N–H and O–H groups in total. The zero-order chi connectivity index (χ0) is 13.2. The minimum Gasteiger partial charge on any atom is -0.392 e. The number of aryl methyl sites for hydroxylation is 1. The van der Waals surface area contributed by atoms with Gasteiger partial charge in [0.2, 0.25) is 0 Å². The summed E-state index contributed by atoms with van der Waals surface area (Å²) in [7, 11) is 1.70. The van der Waals surface area contributed by atoms with Crippen molar-refractivity contribution in [3.8, 4) is 0 Å². The molecule has 5 heteroatoms. The number of nitrogens with two attached hydrogens (primary N) is 1. The normalized spacial score (nSPS) is 12.0. The number of likely N-dealkylation sites (N-methyl/N-ethyl adjacent to an activating group) is 1. The van der Waals surface area contributed by atoms with Crippen LogP contribution in [-0.4, -0.2) is 28.9 Å². The highest BCUT2D eigenvalue weighted by molar-refractivity contribution is 9.10. The first-order valence-electron chi connectivity index (χ1n) is 5.17. The van der Waals surface area contributed by atoms with E-state index in [-0.39, 0.29) is 11.9 Å². The number of carbonyl (C=O) groups is 1. The number of halogens is 1. The smallest absolute Gasteiger partial charge is 0.255 e. The van der Waals surface area contributed by atoms with Gasteiger partial charge in [0.05, 0.1) is 16.6 Å². The van der Waals surface area contributed by atoms with Gasteiger partial charge in [0.15, 0.2) is 0 Å². The highest BCUT2D eigenvalue weighted by atomic mass is 79.9. The third-order valence-corrected chi connectivity index (χ3v) is 4.13. The zero-order valence-electron chi connectivity index (χ0n) is 10.0. The first-order chi connectivity index (χ1) is 7.86. The molecule has 0 heterocycles. The molecule has 0 bridgehead atoms. The molecule has 0 saturated carbocycles. The van der Waals surface area contributed by atoms with Crippen LogP contribution in [0.25, 0.3) is 0 Å². The van der Waals surface area contributed by atoms with Gasteiger partial charge in [0, 0.05) is 11.5 Å². The third kappa shape index (κ3) is 3.04. The van der Waals surface area contributed by atoms with Crippen LogP contribution in [0.3, 0.4) is 0 Å². The number of amides is 1. The Morgan fingerprint density at radius 2 is 2.12 bits per heavy atom. The van der Waals surface area contributed by atoms with Crippen molar-refractivity contribution >= 4 is 39.0 Å². The van der Waals surface area contributed by atoms with Crippen LogP contribution >= 0.6 is 28.1 Å². The van der Waals surface area contributed by atoms with E-state index in [1.165, 1.54) is 0 Å². The molecule has 0 spiro atoms. The molecule has 92 valence electrons. The second-order valence-electron chi connectivity index (χ2n) is 3.93. The van der Waals surface area contributed by atoms with Crippen LogP contribution in [0.2, 0.25) is 0 Å². The summed E-state index contributed by atoms with van der Waals surface area (Å²) in [5.41, 5.74) is 7.19. The Bertz CT molecular complexity index is 462. The maximum absolute atomic E-state index is 12.2. The molecule has 0 fully saturated rings. The van der Waals surface area contributed by atoms with Crippen molar-refractivity contribution < 1.29 is 4.79 Å². The van der Waals surface area contributed by atoms with Gasteiger partial charge in [-0.15, -0.1) is 0 Å². The van der Waals surface area contributed by atoms with Gasteiger partial charge in [-0.3, -0.25) is 4.79 Å². The Labute approximate surface area is 115 Å². The van der Waals surface area contributed by atoms with Crippen LogP contribution < -0.4 is 5.73 Å². The van der Waals surface area contributed by atoms with Crippen molar-refractivity contribution in [1.82, 2.24) is 4.90 Å². The summed E-state index contributed by atoms with van der Waals surface area (Å²) in [6, 6.07) is 5.32. The van der Waals surface area contributed by atoms with Crippen molar-refractivity contribution in [2.75, 3.05) is 7.05 Å². The van der Waals surface area contributed by atoms with Gasteiger partial charge in [-0.25, -0.2) is 0 Å². The lowest BCUT2D eigenvalue weighted by molar-refractivity contribution is 0.0778. The lowest BCUT2D eigenvalue weighted by Crippen LogP contribution is -2.42. The summed E-state index contributed by atoms with van der Waals surface area (Å²) in [5, 5.41) is 0. The molecule has 1 amide bonds. The summed E-state index contributed by atoms with van der Waals surface area (Å²) >= 11 is 8.32. The molecule has 1 rings (SSSR count). The van der Waals surface area contributed by atoms with E-state index in [4.69, 9.17) is 18.0 Å². The van der Waals surface area contributed by atoms with E-state index in [1.54, 1.807) is 18.0 Å². The maximum atomic E-state index is 12.2. The fraction of sp³-hybridized carbons (Fsp3) is 0.333. The van der Waals surface area contributed by atoms with E-state index in [1.807, 2.05) is 26.0 Å². The molecule has 0 aromatic heterocycles. The van der Waals surface area contributed by atoms with E-state index in [2.05, 4.69) is 15.9 Å². The third-order valence-electron chi connectivity index (χ3n) is 2.74. The minimum atomic E-state index is -0.259. The van der Waals surface area contributed by atoms with Crippen LogP contribution in [0.15, 0.2) is 22.7 Å². The number of hydrogen-bond donors (Lipinski definition) is 1. The van der Waals surface area contributed by atoms with E-state index < -0.39 is 0 Å². The van der Waals surface area contributed by atoms with Crippen LogP contribution in [0, 0.1) is 6.92 Å². The minimum absolute atomic E-state index is 0.0964. The fourth-order valence-electron chi connectivity index (χ4n) is 1.37. The monoisotopic (exact) mass is 314 g/mol. The molecule has 1 aromatic carbocycles. The van der Waals surface area contributed by atoms with Crippen LogP contribution in [0.5, 0.6) is 0 Å². The lowest BCUT2D eigenvalue weighted by Gasteiger charge is -2.24. The molecule has 0 aliphatic heterocycles. The van der Waals surface area contributed by atoms with E-state index in [0.29, 0.717) is 10.6 Å². The SMILES string of the molecule is Cc1cccc(C(=O)N(C)C(C)C(N)=S)c1Br. The number of nitrogens with zero attached hydrogens (tertiary/aromatic N) is 1. The maximum Gasteiger partial charge on any atom is 0.255 e. The molecule has 0 radical (unpaired) electrons. The molecule has 0 saturated heterocycles. The first kappa shape index (κ1) is 14.1. The molecule has 3 nitrogen and oxygen atoms in total. The van der Waals surface area contributed by atoms with Crippen molar-refractivity contribution in [2.45, 2.75) is 19.9 Å². The number of thiocarbonyl (C=S) groups is 1. The summed E-state index contributed by atoms with van der Waals surface area (Å²) < 4.78 is 0.812. The van der Waals surface area contributed by atoms with Crippen molar-refractivity contribution in [1.29, 1.82) is 0 Å². The number of hydrogen-bond acceptors (Lipinski definition) is 2. The Morgan fingerprint density at radius 1 is 1.53 bits per heavy atom. The summed E-state index contributed by atoms with van der Waals surface area (Å²) in [6.45, 7) is 3.75. The predicted molar refractivity (Wildman–Crippen MR) is 77.2 cm³/mol. The molecular formula is C12H15BrN2OS. The van der Waals surface area contributed by atoms with Crippen LogP contribution in [0.4, 0.5) is 0 Å². The van der Waals surface area contributed by atoms with Gasteiger partial charge in [-0.05, 0) is 41.4 Å². The Kier molecular flexibility index (Phi) is 4.65. The molecular weight excluding hydrogens is 300 g/mol. The highest BCUT2D eigenvalue weighted by Crippen LogP contribution is 2.22. The molecule has 1 aromatic rings. The van der Waals surface area contributed by atoms with Crippen molar-refractivity contribution in [3.05, 3.63) is 33.8 Å². The summed E-state index contributed by atoms with van der Waals surface area (Å²) in [5.74, 6) is -0.0964. The summed E-state index contributed by atoms with van der Waals surface area (Å²) in [4.78, 5) is 14.1. The van der Waals surface area contributed by atoms with Gasteiger partial charge in [-0.1, -0.05) is 24.4 Å². The number of benzene rings is 1. The van der Waals surface area contributed by atoms with Crippen LogP contribution in [-0.2, 0) is 0 Å². The van der Waals surface area contributed by atoms with Crippen LogP contribution in [0.1, 0.15) is 22.8 Å². The molecule has 1 atom stereocenters. The molecule has 1 unspecified atom stereocenters. The average Bonchev–Trinajstić information content (AvgIpc) is 2.29. The topological polar surface area (TPSA) is 46.3 Å². The lowest BCUT2D eigenvalue weighted by atomic mass is 10.1. The standard InChI is InChI=1S/C12H15BrN2OS/c1-7-5-4-6-9(10(7)13)12(16)15(3)8(2)11(14)17/h4-6,8H,1-3H3,(H2,14,17). The number of carbonyl (C=O) groups excluding carboxylic acids is 1. The predicted octanol–water partition coefficient (Wildman–Crippen LogP) is 2.50. The van der Waals surface area contributed by atoms with E-state index in [9.17, 15) is 4.79 Å². The van der Waals surface area contributed by atoms with E-state index >= 15 is 0 Å². The molecule has 17 heavy (non-hydrogen) atoms.